The number of aryl methyl sites for hydroxylation is 1. The van der Waals surface area contributed by atoms with Crippen molar-refractivity contribution < 1.29 is 9.90 Å². The van der Waals surface area contributed by atoms with Crippen LogP contribution in [0.25, 0.3) is 10.9 Å². The summed E-state index contributed by atoms with van der Waals surface area (Å²) in [7, 11) is 0. The van der Waals surface area contributed by atoms with E-state index in [0.717, 1.165) is 22.9 Å². The minimum Gasteiger partial charge on any atom is -0.396 e. The smallest absolute Gasteiger partial charge is 0.272 e. The van der Waals surface area contributed by atoms with Crippen molar-refractivity contribution in [2.45, 2.75) is 39.2 Å². The molecule has 0 spiro atoms. The molecule has 1 aromatic carbocycles. The molecule has 0 aliphatic carbocycles. The Morgan fingerprint density at radius 1 is 1.50 bits per heavy atom. The Balaban J connectivity index is 2.29. The van der Waals surface area contributed by atoms with Crippen LogP contribution in [0.4, 0.5) is 0 Å². The molecule has 1 atom stereocenters. The number of rotatable bonds is 5. The van der Waals surface area contributed by atoms with E-state index in [1.54, 1.807) is 0 Å². The Bertz CT molecular complexity index is 621. The maximum absolute atomic E-state index is 12.4. The van der Waals surface area contributed by atoms with E-state index in [-0.39, 0.29) is 12.5 Å². The molecule has 108 valence electrons. The minimum absolute atomic E-state index is 0.0467. The Hall–Kier alpha value is -1.88. The van der Waals surface area contributed by atoms with Crippen LogP contribution in [0.2, 0.25) is 0 Å². The Morgan fingerprint density at radius 3 is 2.90 bits per heavy atom. The van der Waals surface area contributed by atoms with Gasteiger partial charge in [0.25, 0.3) is 5.91 Å². The summed E-state index contributed by atoms with van der Waals surface area (Å²) in [5.41, 5.74) is 1.92. The molecule has 1 heterocycles. The van der Waals surface area contributed by atoms with Gasteiger partial charge in [-0.1, -0.05) is 18.6 Å². The van der Waals surface area contributed by atoms with Crippen molar-refractivity contribution in [2.75, 3.05) is 6.61 Å². The zero-order valence-electron chi connectivity index (χ0n) is 12.2. The number of H-pyrrole nitrogens is 1. The van der Waals surface area contributed by atoms with Gasteiger partial charge in [0, 0.05) is 17.5 Å². The Morgan fingerprint density at radius 2 is 2.25 bits per heavy atom. The van der Waals surface area contributed by atoms with Crippen LogP contribution in [-0.4, -0.2) is 33.4 Å². The number of hydrogen-bond acceptors (Lipinski definition) is 3. The lowest BCUT2D eigenvalue weighted by atomic mass is 9.94. The predicted molar refractivity (Wildman–Crippen MR) is 78.7 cm³/mol. The number of nitrogens with zero attached hydrogens (tertiary/aromatic N) is 1. The van der Waals surface area contributed by atoms with Crippen molar-refractivity contribution in [3.05, 3.63) is 29.5 Å². The van der Waals surface area contributed by atoms with E-state index in [1.807, 2.05) is 39.0 Å². The van der Waals surface area contributed by atoms with E-state index in [2.05, 4.69) is 15.5 Å². The third kappa shape index (κ3) is 2.82. The molecule has 0 radical (unpaired) electrons. The van der Waals surface area contributed by atoms with Crippen molar-refractivity contribution in [1.82, 2.24) is 15.5 Å². The molecule has 1 unspecified atom stereocenters. The van der Waals surface area contributed by atoms with Crippen LogP contribution in [-0.2, 0) is 0 Å². The molecule has 0 bridgehead atoms. The van der Waals surface area contributed by atoms with Crippen molar-refractivity contribution in [1.29, 1.82) is 0 Å². The number of benzene rings is 1. The van der Waals surface area contributed by atoms with Gasteiger partial charge in [-0.05, 0) is 38.8 Å². The highest BCUT2D eigenvalue weighted by Crippen LogP contribution is 2.20. The van der Waals surface area contributed by atoms with Gasteiger partial charge in [0.15, 0.2) is 5.69 Å². The molecule has 5 heteroatoms. The molecule has 0 fully saturated rings. The van der Waals surface area contributed by atoms with Gasteiger partial charge in [-0.25, -0.2) is 0 Å². The summed E-state index contributed by atoms with van der Waals surface area (Å²) < 4.78 is 0. The summed E-state index contributed by atoms with van der Waals surface area (Å²) in [5.74, 6) is -0.209. The largest absolute Gasteiger partial charge is 0.396 e. The predicted octanol–water partition coefficient (Wildman–Crippen LogP) is 2.15. The van der Waals surface area contributed by atoms with Crippen LogP contribution in [0.3, 0.4) is 0 Å². The maximum atomic E-state index is 12.4. The van der Waals surface area contributed by atoms with Gasteiger partial charge in [0.1, 0.15) is 0 Å². The highest BCUT2D eigenvalue weighted by Gasteiger charge is 2.26. The van der Waals surface area contributed by atoms with Crippen molar-refractivity contribution in [3.63, 3.8) is 0 Å². The first kappa shape index (κ1) is 14.5. The number of aliphatic hydroxyl groups excluding tert-OH is 1. The summed E-state index contributed by atoms with van der Waals surface area (Å²) in [6.07, 6.45) is 1.28. The molecule has 2 aromatic rings. The second-order valence-corrected chi connectivity index (χ2v) is 5.46. The van der Waals surface area contributed by atoms with Gasteiger partial charge in [0.05, 0.1) is 5.52 Å². The Kier molecular flexibility index (Phi) is 4.09. The summed E-state index contributed by atoms with van der Waals surface area (Å²) in [5, 5.41) is 19.9. The summed E-state index contributed by atoms with van der Waals surface area (Å²) >= 11 is 0. The zero-order chi connectivity index (χ0) is 14.8. The number of aliphatic hydroxyl groups is 1. The fraction of sp³-hybridized carbons (Fsp3) is 0.467. The molecule has 0 saturated carbocycles. The summed E-state index contributed by atoms with van der Waals surface area (Å²) in [4.78, 5) is 12.4. The third-order valence-corrected chi connectivity index (χ3v) is 3.79. The number of nitrogens with one attached hydrogen (secondary N) is 2. The second-order valence-electron chi connectivity index (χ2n) is 5.46. The van der Waals surface area contributed by atoms with Gasteiger partial charge < -0.3 is 10.4 Å². The minimum atomic E-state index is -0.416. The number of hydrogen-bond donors (Lipinski definition) is 3. The summed E-state index contributed by atoms with van der Waals surface area (Å²) in [6, 6.07) is 5.84. The monoisotopic (exact) mass is 275 g/mol. The second kappa shape index (κ2) is 5.63. The van der Waals surface area contributed by atoms with E-state index in [9.17, 15) is 4.79 Å². The average Bonchev–Trinajstić information content (AvgIpc) is 2.81. The average molecular weight is 275 g/mol. The lowest BCUT2D eigenvalue weighted by Gasteiger charge is -2.28. The number of amides is 1. The number of fused-ring (bicyclic) bond motifs is 1. The van der Waals surface area contributed by atoms with Crippen molar-refractivity contribution >= 4 is 16.8 Å². The highest BCUT2D eigenvalue weighted by atomic mass is 16.3. The van der Waals surface area contributed by atoms with Gasteiger partial charge in [-0.3, -0.25) is 9.89 Å². The van der Waals surface area contributed by atoms with Gasteiger partial charge >= 0.3 is 0 Å². The van der Waals surface area contributed by atoms with Gasteiger partial charge in [-0.2, -0.15) is 5.10 Å². The molecular weight excluding hydrogens is 254 g/mol. The molecule has 5 nitrogen and oxygen atoms in total. The van der Waals surface area contributed by atoms with E-state index in [4.69, 9.17) is 5.11 Å². The molecular formula is C15H21N3O2. The number of aromatic nitrogens is 2. The number of carbonyl (C=O) groups is 1. The van der Waals surface area contributed by atoms with Crippen LogP contribution < -0.4 is 5.32 Å². The van der Waals surface area contributed by atoms with Crippen LogP contribution in [0.15, 0.2) is 18.2 Å². The van der Waals surface area contributed by atoms with Crippen molar-refractivity contribution in [2.24, 2.45) is 0 Å². The maximum Gasteiger partial charge on any atom is 0.272 e. The van der Waals surface area contributed by atoms with Crippen LogP contribution >= 0.6 is 0 Å². The van der Waals surface area contributed by atoms with Crippen molar-refractivity contribution in [3.8, 4) is 0 Å². The topological polar surface area (TPSA) is 78.0 Å². The lowest BCUT2D eigenvalue weighted by Crippen LogP contribution is -2.46. The number of aromatic amines is 1. The molecule has 2 rings (SSSR count). The number of carbonyl (C=O) groups excluding carboxylic acids is 1. The van der Waals surface area contributed by atoms with Gasteiger partial charge in [0.2, 0.25) is 0 Å². The highest BCUT2D eigenvalue weighted by molar-refractivity contribution is 6.05. The normalized spacial score (nSPS) is 14.2. The zero-order valence-corrected chi connectivity index (χ0v) is 12.2. The fourth-order valence-corrected chi connectivity index (χ4v) is 2.21. The van der Waals surface area contributed by atoms with E-state index in [0.29, 0.717) is 12.1 Å². The van der Waals surface area contributed by atoms with E-state index in [1.165, 1.54) is 0 Å². The molecule has 1 amide bonds. The first-order valence-corrected chi connectivity index (χ1v) is 6.87. The molecule has 0 aliphatic heterocycles. The Labute approximate surface area is 118 Å². The quantitative estimate of drug-likeness (QED) is 0.782. The van der Waals surface area contributed by atoms with Gasteiger partial charge in [-0.15, -0.1) is 0 Å². The molecule has 0 saturated heterocycles. The van der Waals surface area contributed by atoms with Crippen LogP contribution in [0.1, 0.15) is 42.7 Å². The fourth-order valence-electron chi connectivity index (χ4n) is 2.21. The molecule has 0 aliphatic rings. The first-order valence-electron chi connectivity index (χ1n) is 6.87. The van der Waals surface area contributed by atoms with E-state index >= 15 is 0 Å². The summed E-state index contributed by atoms with van der Waals surface area (Å²) in [6.45, 7) is 5.95. The van der Waals surface area contributed by atoms with Crippen LogP contribution in [0.5, 0.6) is 0 Å². The first-order chi connectivity index (χ1) is 9.49. The van der Waals surface area contributed by atoms with E-state index < -0.39 is 5.54 Å². The van der Waals surface area contributed by atoms with Crippen LogP contribution in [0, 0.1) is 6.92 Å². The SMILES string of the molecule is CCC(C)(CCO)NC(=O)c1n[nH]c2ccc(C)cc12. The molecule has 1 aromatic heterocycles. The standard InChI is InChI=1S/C15H21N3O2/c1-4-15(3,7-8-19)16-14(20)13-11-9-10(2)5-6-12(11)17-18-13/h5-6,9,19H,4,7-8H2,1-3H3,(H,16,20)(H,17,18). The third-order valence-electron chi connectivity index (χ3n) is 3.79. The lowest BCUT2D eigenvalue weighted by molar-refractivity contribution is 0.0882. The molecule has 3 N–H and O–H groups in total. The molecule has 20 heavy (non-hydrogen) atoms.